The van der Waals surface area contributed by atoms with Crippen LogP contribution < -0.4 is 5.32 Å². The van der Waals surface area contributed by atoms with Crippen LogP contribution in [0.2, 0.25) is 0 Å². The highest BCUT2D eigenvalue weighted by atomic mass is 16.2. The molecule has 0 spiro atoms. The molecule has 1 aromatic rings. The van der Waals surface area contributed by atoms with Gasteiger partial charge in [0, 0.05) is 31.4 Å². The second-order valence-electron chi connectivity index (χ2n) is 7.44. The standard InChI is InChI=1S/C18H26N4O/c1-18(2,3)11-16(15-5-4-8-20-13-15)21-17(23)22-9-6-14(12-19)7-10-22/h4-5,8,13-14,16H,6-7,9-11H2,1-3H3,(H,21,23)/t16-/m1/s1. The lowest BCUT2D eigenvalue weighted by Crippen LogP contribution is -2.46. The predicted molar refractivity (Wildman–Crippen MR) is 89.5 cm³/mol. The first-order valence-corrected chi connectivity index (χ1v) is 8.24. The molecule has 1 N–H and O–H groups in total. The number of rotatable bonds is 3. The molecule has 23 heavy (non-hydrogen) atoms. The van der Waals surface area contributed by atoms with Gasteiger partial charge in [-0.25, -0.2) is 4.79 Å². The molecule has 0 aromatic carbocycles. The first kappa shape index (κ1) is 17.3. The van der Waals surface area contributed by atoms with Crippen LogP contribution in [0.25, 0.3) is 0 Å². The van der Waals surface area contributed by atoms with Gasteiger partial charge < -0.3 is 10.2 Å². The van der Waals surface area contributed by atoms with E-state index in [1.165, 1.54) is 0 Å². The van der Waals surface area contributed by atoms with Crippen molar-refractivity contribution in [1.29, 1.82) is 5.26 Å². The molecule has 1 aliphatic heterocycles. The number of likely N-dealkylation sites (tertiary alicyclic amines) is 1. The molecule has 1 fully saturated rings. The topological polar surface area (TPSA) is 69.0 Å². The van der Waals surface area contributed by atoms with Gasteiger partial charge in [-0.15, -0.1) is 0 Å². The summed E-state index contributed by atoms with van der Waals surface area (Å²) in [6.07, 6.45) is 5.94. The van der Waals surface area contributed by atoms with Crippen molar-refractivity contribution >= 4 is 6.03 Å². The Morgan fingerprint density at radius 3 is 2.70 bits per heavy atom. The van der Waals surface area contributed by atoms with E-state index in [4.69, 9.17) is 5.26 Å². The van der Waals surface area contributed by atoms with Crippen LogP contribution in [-0.4, -0.2) is 29.0 Å². The molecule has 2 amide bonds. The quantitative estimate of drug-likeness (QED) is 0.928. The SMILES string of the molecule is CC(C)(C)C[C@@H](NC(=O)N1CCC(C#N)CC1)c1cccnc1. The molecule has 0 saturated carbocycles. The molecule has 0 aliphatic carbocycles. The number of nitrogens with one attached hydrogen (secondary N) is 1. The van der Waals surface area contributed by atoms with Crippen LogP contribution in [0.4, 0.5) is 4.79 Å². The van der Waals surface area contributed by atoms with Gasteiger partial charge in [0.15, 0.2) is 0 Å². The minimum atomic E-state index is -0.0510. The molecule has 2 rings (SSSR count). The maximum Gasteiger partial charge on any atom is 0.317 e. The number of nitriles is 1. The molecule has 5 heteroatoms. The Morgan fingerprint density at radius 2 is 2.17 bits per heavy atom. The summed E-state index contributed by atoms with van der Waals surface area (Å²) in [6.45, 7) is 7.81. The van der Waals surface area contributed by atoms with Crippen molar-refractivity contribution in [3.8, 4) is 6.07 Å². The summed E-state index contributed by atoms with van der Waals surface area (Å²) < 4.78 is 0. The fourth-order valence-corrected chi connectivity index (χ4v) is 2.90. The number of aromatic nitrogens is 1. The van der Waals surface area contributed by atoms with Crippen molar-refractivity contribution in [2.75, 3.05) is 13.1 Å². The number of nitrogens with zero attached hydrogens (tertiary/aromatic N) is 3. The monoisotopic (exact) mass is 314 g/mol. The molecule has 5 nitrogen and oxygen atoms in total. The van der Waals surface area contributed by atoms with Crippen LogP contribution in [0.5, 0.6) is 0 Å². The zero-order chi connectivity index (χ0) is 16.9. The smallest absolute Gasteiger partial charge is 0.317 e. The maximum atomic E-state index is 12.6. The Kier molecular flexibility index (Phi) is 5.59. The van der Waals surface area contributed by atoms with Crippen molar-refractivity contribution in [2.45, 2.75) is 46.1 Å². The number of hydrogen-bond acceptors (Lipinski definition) is 3. The minimum absolute atomic E-state index is 0.0421. The fourth-order valence-electron chi connectivity index (χ4n) is 2.90. The van der Waals surface area contributed by atoms with Crippen LogP contribution in [-0.2, 0) is 0 Å². The molecule has 2 heterocycles. The highest BCUT2D eigenvalue weighted by Gasteiger charge is 2.27. The average molecular weight is 314 g/mol. The van der Waals surface area contributed by atoms with E-state index >= 15 is 0 Å². The van der Waals surface area contributed by atoms with Gasteiger partial charge in [-0.05, 0) is 36.3 Å². The first-order valence-electron chi connectivity index (χ1n) is 8.24. The Hall–Kier alpha value is -2.09. The van der Waals surface area contributed by atoms with E-state index in [1.807, 2.05) is 23.2 Å². The molecule has 1 aliphatic rings. The van der Waals surface area contributed by atoms with Crippen LogP contribution in [0.1, 0.15) is 51.6 Å². The molecule has 1 atom stereocenters. The number of hydrogen-bond donors (Lipinski definition) is 1. The predicted octanol–water partition coefficient (Wildman–Crippen LogP) is 3.50. The largest absolute Gasteiger partial charge is 0.331 e. The molecule has 1 aromatic heterocycles. The molecular weight excluding hydrogens is 288 g/mol. The Balaban J connectivity index is 2.03. The van der Waals surface area contributed by atoms with Crippen LogP contribution >= 0.6 is 0 Å². The third-order valence-electron chi connectivity index (χ3n) is 4.17. The highest BCUT2D eigenvalue weighted by Crippen LogP contribution is 2.29. The van der Waals surface area contributed by atoms with Crippen molar-refractivity contribution in [1.82, 2.24) is 15.2 Å². The average Bonchev–Trinajstić information content (AvgIpc) is 2.54. The van der Waals surface area contributed by atoms with Gasteiger partial charge in [0.05, 0.1) is 12.1 Å². The van der Waals surface area contributed by atoms with Crippen molar-refractivity contribution in [3.05, 3.63) is 30.1 Å². The molecular formula is C18H26N4O. The first-order chi connectivity index (χ1) is 10.9. The van der Waals surface area contributed by atoms with E-state index in [1.54, 1.807) is 6.20 Å². The van der Waals surface area contributed by atoms with E-state index in [9.17, 15) is 4.79 Å². The minimum Gasteiger partial charge on any atom is -0.331 e. The van der Waals surface area contributed by atoms with Crippen LogP contribution in [0.15, 0.2) is 24.5 Å². The third kappa shape index (κ3) is 5.24. The van der Waals surface area contributed by atoms with Gasteiger partial charge in [0.2, 0.25) is 0 Å². The van der Waals surface area contributed by atoms with Crippen molar-refractivity contribution in [3.63, 3.8) is 0 Å². The molecule has 0 radical (unpaired) electrons. The lowest BCUT2D eigenvalue weighted by molar-refractivity contribution is 0.171. The molecule has 1 saturated heterocycles. The lowest BCUT2D eigenvalue weighted by Gasteiger charge is -2.33. The second kappa shape index (κ2) is 7.45. The summed E-state index contributed by atoms with van der Waals surface area (Å²) in [7, 11) is 0. The fraction of sp³-hybridized carbons (Fsp3) is 0.611. The van der Waals surface area contributed by atoms with Crippen LogP contribution in [0, 0.1) is 22.7 Å². The number of urea groups is 1. The highest BCUT2D eigenvalue weighted by molar-refractivity contribution is 5.74. The van der Waals surface area contributed by atoms with Crippen molar-refractivity contribution < 1.29 is 4.79 Å². The second-order valence-corrected chi connectivity index (χ2v) is 7.44. The molecule has 0 unspecified atom stereocenters. The van der Waals surface area contributed by atoms with Crippen LogP contribution in [0.3, 0.4) is 0 Å². The summed E-state index contributed by atoms with van der Waals surface area (Å²) >= 11 is 0. The zero-order valence-corrected chi connectivity index (χ0v) is 14.2. The van der Waals surface area contributed by atoms with Gasteiger partial charge >= 0.3 is 6.03 Å². The third-order valence-corrected chi connectivity index (χ3v) is 4.17. The van der Waals surface area contributed by atoms with Gasteiger partial charge in [-0.2, -0.15) is 5.26 Å². The summed E-state index contributed by atoms with van der Waals surface area (Å²) in [4.78, 5) is 18.6. The van der Waals surface area contributed by atoms with E-state index in [2.05, 4.69) is 37.1 Å². The number of carbonyl (C=O) groups is 1. The summed E-state index contributed by atoms with van der Waals surface area (Å²) in [5, 5.41) is 12.1. The Bertz CT molecular complexity index is 551. The van der Waals surface area contributed by atoms with E-state index in [-0.39, 0.29) is 23.4 Å². The Labute approximate surface area is 138 Å². The number of piperidine rings is 1. The summed E-state index contributed by atoms with van der Waals surface area (Å²) in [5.41, 5.74) is 1.13. The maximum absolute atomic E-state index is 12.6. The van der Waals surface area contributed by atoms with Gasteiger partial charge in [-0.3, -0.25) is 4.98 Å². The number of carbonyl (C=O) groups excluding carboxylic acids is 1. The van der Waals surface area contributed by atoms with E-state index in [0.29, 0.717) is 13.1 Å². The van der Waals surface area contributed by atoms with Crippen molar-refractivity contribution in [2.24, 2.45) is 11.3 Å². The molecule has 124 valence electrons. The normalized spacial score (nSPS) is 17.4. The summed E-state index contributed by atoms with van der Waals surface area (Å²) in [6, 6.07) is 6.11. The Morgan fingerprint density at radius 1 is 1.48 bits per heavy atom. The molecule has 0 bridgehead atoms. The van der Waals surface area contributed by atoms with Gasteiger partial charge in [-0.1, -0.05) is 26.8 Å². The van der Waals surface area contributed by atoms with E-state index < -0.39 is 0 Å². The zero-order valence-electron chi connectivity index (χ0n) is 14.2. The number of amides is 2. The summed E-state index contributed by atoms with van der Waals surface area (Å²) in [5.74, 6) is 0.0859. The number of pyridine rings is 1. The van der Waals surface area contributed by atoms with Gasteiger partial charge in [0.25, 0.3) is 0 Å². The van der Waals surface area contributed by atoms with E-state index in [0.717, 1.165) is 24.8 Å². The van der Waals surface area contributed by atoms with Gasteiger partial charge in [0.1, 0.15) is 0 Å². The lowest BCUT2D eigenvalue weighted by atomic mass is 9.86.